The highest BCUT2D eigenvalue weighted by Gasteiger charge is 2.17. The van der Waals surface area contributed by atoms with Crippen LogP contribution in [0.15, 0.2) is 24.5 Å². The van der Waals surface area contributed by atoms with Gasteiger partial charge in [-0.2, -0.15) is 0 Å². The van der Waals surface area contributed by atoms with Gasteiger partial charge >= 0.3 is 5.97 Å². The number of imidazole rings is 1. The van der Waals surface area contributed by atoms with Crippen LogP contribution in [-0.4, -0.2) is 44.9 Å². The summed E-state index contributed by atoms with van der Waals surface area (Å²) >= 11 is 0. The van der Waals surface area contributed by atoms with Gasteiger partial charge in [0.05, 0.1) is 0 Å². The van der Waals surface area contributed by atoms with Crippen molar-refractivity contribution in [2.75, 3.05) is 13.6 Å². The second-order valence-corrected chi connectivity index (χ2v) is 4.15. The summed E-state index contributed by atoms with van der Waals surface area (Å²) in [6.07, 6.45) is 3.40. The van der Waals surface area contributed by atoms with E-state index in [4.69, 9.17) is 5.11 Å². The normalized spacial score (nSPS) is 10.6. The first-order valence-corrected chi connectivity index (χ1v) is 5.40. The number of amides is 1. The van der Waals surface area contributed by atoms with Crippen molar-refractivity contribution in [2.45, 2.75) is 6.92 Å². The van der Waals surface area contributed by atoms with E-state index in [2.05, 4.69) is 4.98 Å². The number of pyridine rings is 1. The third-order valence-corrected chi connectivity index (χ3v) is 2.55. The number of carboxylic acids is 1. The Morgan fingerprint density at radius 3 is 2.89 bits per heavy atom. The van der Waals surface area contributed by atoms with Crippen LogP contribution in [0.2, 0.25) is 0 Å². The molecule has 0 aliphatic heterocycles. The van der Waals surface area contributed by atoms with E-state index in [0.717, 1.165) is 10.5 Å². The molecule has 0 spiro atoms. The predicted molar refractivity (Wildman–Crippen MR) is 64.5 cm³/mol. The standard InChI is InChI=1S/C12H13N3O3/c1-8-3-4-15-6-9(13-10(15)5-8)12(18)14(2)7-11(16)17/h3-6H,7H2,1-2H3,(H,16,17). The monoisotopic (exact) mass is 247 g/mol. The smallest absolute Gasteiger partial charge is 0.323 e. The number of rotatable bonds is 3. The van der Waals surface area contributed by atoms with E-state index in [1.165, 1.54) is 7.05 Å². The third kappa shape index (κ3) is 2.32. The number of hydrogen-bond donors (Lipinski definition) is 1. The van der Waals surface area contributed by atoms with Crippen molar-refractivity contribution in [1.82, 2.24) is 14.3 Å². The first-order chi connectivity index (χ1) is 8.47. The fourth-order valence-corrected chi connectivity index (χ4v) is 1.66. The zero-order chi connectivity index (χ0) is 13.3. The Kier molecular flexibility index (Phi) is 3.01. The molecule has 94 valence electrons. The highest BCUT2D eigenvalue weighted by atomic mass is 16.4. The number of nitrogens with zero attached hydrogens (tertiary/aromatic N) is 3. The van der Waals surface area contributed by atoms with Gasteiger partial charge in [-0.25, -0.2) is 4.98 Å². The van der Waals surface area contributed by atoms with Gasteiger partial charge < -0.3 is 14.4 Å². The largest absolute Gasteiger partial charge is 0.480 e. The second kappa shape index (κ2) is 4.48. The van der Waals surface area contributed by atoms with Gasteiger partial charge in [-0.3, -0.25) is 9.59 Å². The summed E-state index contributed by atoms with van der Waals surface area (Å²) in [7, 11) is 1.44. The minimum atomic E-state index is -1.05. The second-order valence-electron chi connectivity index (χ2n) is 4.15. The van der Waals surface area contributed by atoms with E-state index in [1.807, 2.05) is 25.3 Å². The molecule has 0 atom stereocenters. The summed E-state index contributed by atoms with van der Waals surface area (Å²) in [5.74, 6) is -1.45. The molecule has 0 radical (unpaired) electrons. The highest BCUT2D eigenvalue weighted by molar-refractivity contribution is 5.94. The van der Waals surface area contributed by atoms with Crippen molar-refractivity contribution >= 4 is 17.5 Å². The Balaban J connectivity index is 2.30. The lowest BCUT2D eigenvalue weighted by Crippen LogP contribution is -2.32. The van der Waals surface area contributed by atoms with Crippen LogP contribution in [0.4, 0.5) is 0 Å². The number of carboxylic acid groups (broad SMARTS) is 1. The van der Waals surface area contributed by atoms with Gasteiger partial charge in [0.2, 0.25) is 0 Å². The number of aryl methyl sites for hydroxylation is 1. The molecule has 1 N–H and O–H groups in total. The summed E-state index contributed by atoms with van der Waals surface area (Å²) in [6, 6.07) is 3.76. The predicted octanol–water partition coefficient (Wildman–Crippen LogP) is 0.799. The molecule has 0 aromatic carbocycles. The molecule has 18 heavy (non-hydrogen) atoms. The molecule has 0 aliphatic rings. The Bertz CT molecular complexity index is 618. The number of carbonyl (C=O) groups is 2. The summed E-state index contributed by atoms with van der Waals surface area (Å²) in [6.45, 7) is 1.60. The molecule has 2 aromatic rings. The van der Waals surface area contributed by atoms with Gasteiger partial charge in [-0.05, 0) is 24.6 Å². The average Bonchev–Trinajstić information content (AvgIpc) is 2.69. The molecule has 1 amide bonds. The molecule has 0 bridgehead atoms. The number of likely N-dealkylation sites (N-methyl/N-ethyl adjacent to an activating group) is 1. The number of fused-ring (bicyclic) bond motifs is 1. The van der Waals surface area contributed by atoms with Gasteiger partial charge in [0.1, 0.15) is 17.9 Å². The van der Waals surface area contributed by atoms with Gasteiger partial charge in [0, 0.05) is 19.4 Å². The van der Waals surface area contributed by atoms with Crippen LogP contribution in [-0.2, 0) is 4.79 Å². The van der Waals surface area contributed by atoms with Crippen LogP contribution >= 0.6 is 0 Å². The SMILES string of the molecule is Cc1ccn2cc(C(=O)N(C)CC(=O)O)nc2c1. The number of aromatic nitrogens is 2. The zero-order valence-electron chi connectivity index (χ0n) is 10.1. The molecule has 0 fully saturated rings. The fourth-order valence-electron chi connectivity index (χ4n) is 1.66. The van der Waals surface area contributed by atoms with Crippen molar-refractivity contribution < 1.29 is 14.7 Å². The maximum Gasteiger partial charge on any atom is 0.323 e. The van der Waals surface area contributed by atoms with Crippen molar-refractivity contribution in [3.63, 3.8) is 0 Å². The maximum atomic E-state index is 11.9. The Morgan fingerprint density at radius 2 is 2.22 bits per heavy atom. The Hall–Kier alpha value is -2.37. The van der Waals surface area contributed by atoms with Gasteiger partial charge in [0.25, 0.3) is 5.91 Å². The summed E-state index contributed by atoms with van der Waals surface area (Å²) < 4.78 is 1.73. The average molecular weight is 247 g/mol. The molecular formula is C12H13N3O3. The van der Waals surface area contributed by atoms with Crippen LogP contribution < -0.4 is 0 Å². The summed E-state index contributed by atoms with van der Waals surface area (Å²) in [4.78, 5) is 27.8. The van der Waals surface area contributed by atoms with Gasteiger partial charge in [0.15, 0.2) is 0 Å². The van der Waals surface area contributed by atoms with Crippen molar-refractivity contribution in [3.8, 4) is 0 Å². The van der Waals surface area contributed by atoms with Crippen LogP contribution in [0.25, 0.3) is 5.65 Å². The van der Waals surface area contributed by atoms with Gasteiger partial charge in [-0.1, -0.05) is 0 Å². The van der Waals surface area contributed by atoms with E-state index in [1.54, 1.807) is 10.6 Å². The number of aliphatic carboxylic acids is 1. The highest BCUT2D eigenvalue weighted by Crippen LogP contribution is 2.09. The minimum Gasteiger partial charge on any atom is -0.480 e. The molecule has 0 unspecified atom stereocenters. The van der Waals surface area contributed by atoms with E-state index in [9.17, 15) is 9.59 Å². The molecule has 0 saturated heterocycles. The van der Waals surface area contributed by atoms with Crippen LogP contribution in [0.3, 0.4) is 0 Å². The summed E-state index contributed by atoms with van der Waals surface area (Å²) in [5, 5.41) is 8.64. The maximum absolute atomic E-state index is 11.9. The summed E-state index contributed by atoms with van der Waals surface area (Å²) in [5.41, 5.74) is 1.96. The quantitative estimate of drug-likeness (QED) is 0.870. The third-order valence-electron chi connectivity index (χ3n) is 2.55. The van der Waals surface area contributed by atoms with Crippen molar-refractivity contribution in [3.05, 3.63) is 35.8 Å². The molecule has 6 nitrogen and oxygen atoms in total. The van der Waals surface area contributed by atoms with Crippen LogP contribution in [0.1, 0.15) is 16.1 Å². The molecule has 6 heteroatoms. The minimum absolute atomic E-state index is 0.240. The fraction of sp³-hybridized carbons (Fsp3) is 0.250. The zero-order valence-corrected chi connectivity index (χ0v) is 10.1. The van der Waals surface area contributed by atoms with Crippen molar-refractivity contribution in [2.24, 2.45) is 0 Å². The van der Waals surface area contributed by atoms with Crippen LogP contribution in [0.5, 0.6) is 0 Å². The van der Waals surface area contributed by atoms with Gasteiger partial charge in [-0.15, -0.1) is 0 Å². The van der Waals surface area contributed by atoms with E-state index in [-0.39, 0.29) is 12.2 Å². The number of carbonyl (C=O) groups excluding carboxylic acids is 1. The first kappa shape index (κ1) is 12.1. The lowest BCUT2D eigenvalue weighted by atomic mass is 10.3. The lowest BCUT2D eigenvalue weighted by Gasteiger charge is -2.11. The lowest BCUT2D eigenvalue weighted by molar-refractivity contribution is -0.137. The van der Waals surface area contributed by atoms with E-state index < -0.39 is 11.9 Å². The number of hydrogen-bond acceptors (Lipinski definition) is 3. The Labute approximate surface area is 103 Å². The molecule has 2 heterocycles. The molecule has 2 aromatic heterocycles. The molecule has 2 rings (SSSR count). The molecular weight excluding hydrogens is 234 g/mol. The topological polar surface area (TPSA) is 74.9 Å². The van der Waals surface area contributed by atoms with Crippen LogP contribution in [0, 0.1) is 6.92 Å². The molecule has 0 saturated carbocycles. The first-order valence-electron chi connectivity index (χ1n) is 5.40. The van der Waals surface area contributed by atoms with Crippen molar-refractivity contribution in [1.29, 1.82) is 0 Å². The van der Waals surface area contributed by atoms with E-state index >= 15 is 0 Å². The molecule has 0 aliphatic carbocycles. The Morgan fingerprint density at radius 1 is 1.50 bits per heavy atom. The van der Waals surface area contributed by atoms with E-state index in [0.29, 0.717) is 5.65 Å².